The molecule has 0 N–H and O–H groups in total. The van der Waals surface area contributed by atoms with Crippen LogP contribution in [0.4, 0.5) is 4.39 Å². The van der Waals surface area contributed by atoms with Gasteiger partial charge in [-0.05, 0) is 30.7 Å². The number of carbonyl (C=O) groups excluding carboxylic acids is 1. The minimum atomic E-state index is -0.436. The fourth-order valence-electron chi connectivity index (χ4n) is 1.90. The molecule has 2 rings (SSSR count). The molecule has 4 nitrogen and oxygen atoms in total. The number of likely N-dealkylation sites (N-methyl/N-ethyl adjacent to an activating group) is 1. The molecule has 0 unspecified atom stereocenters. The number of hydrogen-bond donors (Lipinski definition) is 0. The Labute approximate surface area is 132 Å². The quantitative estimate of drug-likeness (QED) is 0.794. The van der Waals surface area contributed by atoms with Crippen molar-refractivity contribution in [1.82, 2.24) is 9.88 Å². The van der Waals surface area contributed by atoms with Crippen LogP contribution in [-0.4, -0.2) is 29.9 Å². The van der Waals surface area contributed by atoms with Gasteiger partial charge in [-0.1, -0.05) is 6.07 Å². The summed E-state index contributed by atoms with van der Waals surface area (Å²) in [6.07, 6.45) is 3.14. The summed E-state index contributed by atoms with van der Waals surface area (Å²) in [5, 5.41) is 2.84. The summed E-state index contributed by atoms with van der Waals surface area (Å²) in [5.74, 6) is -0.409. The van der Waals surface area contributed by atoms with Gasteiger partial charge in [-0.25, -0.2) is 9.37 Å². The van der Waals surface area contributed by atoms with Crippen LogP contribution in [0.15, 0.2) is 29.7 Å². The zero-order chi connectivity index (χ0) is 16.1. The van der Waals surface area contributed by atoms with Crippen LogP contribution in [-0.2, 0) is 11.3 Å². The predicted octanol–water partition coefficient (Wildman–Crippen LogP) is 3.27. The van der Waals surface area contributed by atoms with E-state index in [2.05, 4.69) is 4.98 Å². The van der Waals surface area contributed by atoms with Crippen LogP contribution in [0.1, 0.15) is 16.3 Å². The lowest BCUT2D eigenvalue weighted by atomic mass is 10.2. The third-order valence-electron chi connectivity index (χ3n) is 3.05. The van der Waals surface area contributed by atoms with Crippen LogP contribution in [0.5, 0.6) is 5.75 Å². The molecule has 1 amide bonds. The third-order valence-corrected chi connectivity index (χ3v) is 3.84. The van der Waals surface area contributed by atoms with Crippen LogP contribution in [0.3, 0.4) is 0 Å². The standard InChI is InChI=1S/C16H17FN2O2S/c1-11-18-13(10-22-11)5-7-16(20)19(2)9-12-4-6-15(21-3)14(17)8-12/h4-8,10H,9H2,1-3H3/b7-5-. The molecule has 1 heterocycles. The largest absolute Gasteiger partial charge is 0.494 e. The Hall–Kier alpha value is -2.21. The average molecular weight is 320 g/mol. The number of amides is 1. The van der Waals surface area contributed by atoms with Gasteiger partial charge in [0, 0.05) is 25.0 Å². The first-order valence-corrected chi connectivity index (χ1v) is 7.55. The van der Waals surface area contributed by atoms with Crippen molar-refractivity contribution in [2.24, 2.45) is 0 Å². The Morgan fingerprint density at radius 3 is 2.86 bits per heavy atom. The number of thiazole rings is 1. The van der Waals surface area contributed by atoms with Gasteiger partial charge in [-0.2, -0.15) is 0 Å². The van der Waals surface area contributed by atoms with Crippen molar-refractivity contribution in [3.05, 3.63) is 51.7 Å². The molecule has 0 aliphatic rings. The second kappa shape index (κ2) is 7.17. The molecular formula is C16H17FN2O2S. The van der Waals surface area contributed by atoms with Gasteiger partial charge in [0.2, 0.25) is 5.91 Å². The van der Waals surface area contributed by atoms with Crippen molar-refractivity contribution < 1.29 is 13.9 Å². The molecule has 0 bridgehead atoms. The number of rotatable bonds is 5. The zero-order valence-electron chi connectivity index (χ0n) is 12.7. The molecule has 0 saturated heterocycles. The van der Waals surface area contributed by atoms with Gasteiger partial charge in [0.25, 0.3) is 0 Å². The van der Waals surface area contributed by atoms with E-state index in [1.807, 2.05) is 12.3 Å². The molecule has 0 atom stereocenters. The molecule has 0 aliphatic heterocycles. The summed E-state index contributed by atoms with van der Waals surface area (Å²) in [5.41, 5.74) is 1.46. The highest BCUT2D eigenvalue weighted by Crippen LogP contribution is 2.18. The van der Waals surface area contributed by atoms with Crippen molar-refractivity contribution in [1.29, 1.82) is 0 Å². The van der Waals surface area contributed by atoms with Crippen LogP contribution in [0.25, 0.3) is 6.08 Å². The van der Waals surface area contributed by atoms with E-state index in [0.29, 0.717) is 12.1 Å². The van der Waals surface area contributed by atoms with Crippen LogP contribution < -0.4 is 4.74 Å². The van der Waals surface area contributed by atoms with E-state index in [4.69, 9.17) is 4.74 Å². The number of benzene rings is 1. The fourth-order valence-corrected chi connectivity index (χ4v) is 2.48. The Bertz CT molecular complexity index is 697. The number of methoxy groups -OCH3 is 1. The maximum absolute atomic E-state index is 13.6. The number of aromatic nitrogens is 1. The fraction of sp³-hybridized carbons (Fsp3) is 0.250. The molecule has 0 spiro atoms. The van der Waals surface area contributed by atoms with Gasteiger partial charge in [0.05, 0.1) is 17.8 Å². The maximum Gasteiger partial charge on any atom is 0.246 e. The van der Waals surface area contributed by atoms with Crippen LogP contribution in [0.2, 0.25) is 0 Å². The molecule has 22 heavy (non-hydrogen) atoms. The zero-order valence-corrected chi connectivity index (χ0v) is 13.5. The van der Waals surface area contributed by atoms with Crippen molar-refractivity contribution in [3.8, 4) is 5.75 Å². The lowest BCUT2D eigenvalue weighted by Gasteiger charge is -2.15. The number of carbonyl (C=O) groups is 1. The van der Waals surface area contributed by atoms with Crippen molar-refractivity contribution in [3.63, 3.8) is 0 Å². The second-order valence-corrected chi connectivity index (χ2v) is 5.85. The maximum atomic E-state index is 13.6. The number of ether oxygens (including phenoxy) is 1. The Morgan fingerprint density at radius 2 is 2.27 bits per heavy atom. The first-order chi connectivity index (χ1) is 10.5. The second-order valence-electron chi connectivity index (χ2n) is 4.79. The minimum Gasteiger partial charge on any atom is -0.494 e. The molecule has 1 aromatic carbocycles. The van der Waals surface area contributed by atoms with Gasteiger partial charge in [0.15, 0.2) is 11.6 Å². The highest BCUT2D eigenvalue weighted by Gasteiger charge is 2.09. The van der Waals surface area contributed by atoms with Crippen molar-refractivity contribution in [2.75, 3.05) is 14.2 Å². The molecule has 1 aromatic heterocycles. The Kier molecular flexibility index (Phi) is 5.27. The predicted molar refractivity (Wildman–Crippen MR) is 85.3 cm³/mol. The smallest absolute Gasteiger partial charge is 0.246 e. The number of aryl methyl sites for hydroxylation is 1. The molecule has 0 fully saturated rings. The van der Waals surface area contributed by atoms with E-state index in [9.17, 15) is 9.18 Å². The van der Waals surface area contributed by atoms with E-state index in [0.717, 1.165) is 10.7 Å². The van der Waals surface area contributed by atoms with Crippen LogP contribution >= 0.6 is 11.3 Å². The Balaban J connectivity index is 1.99. The van der Waals surface area contributed by atoms with Gasteiger partial charge in [-0.3, -0.25) is 4.79 Å². The van der Waals surface area contributed by atoms with Crippen molar-refractivity contribution in [2.45, 2.75) is 13.5 Å². The molecular weight excluding hydrogens is 303 g/mol. The van der Waals surface area contributed by atoms with Gasteiger partial charge in [-0.15, -0.1) is 11.3 Å². The highest BCUT2D eigenvalue weighted by atomic mass is 32.1. The topological polar surface area (TPSA) is 42.4 Å². The number of hydrogen-bond acceptors (Lipinski definition) is 4. The van der Waals surface area contributed by atoms with E-state index >= 15 is 0 Å². The normalized spacial score (nSPS) is 10.9. The lowest BCUT2D eigenvalue weighted by Crippen LogP contribution is -2.24. The van der Waals surface area contributed by atoms with E-state index < -0.39 is 5.82 Å². The summed E-state index contributed by atoms with van der Waals surface area (Å²) < 4.78 is 18.5. The first-order valence-electron chi connectivity index (χ1n) is 6.67. The van der Waals surface area contributed by atoms with E-state index in [-0.39, 0.29) is 11.7 Å². The molecule has 6 heteroatoms. The molecule has 0 radical (unpaired) electrons. The van der Waals surface area contributed by atoms with Crippen LogP contribution in [0, 0.1) is 12.7 Å². The van der Waals surface area contributed by atoms with Crippen molar-refractivity contribution >= 4 is 23.3 Å². The molecule has 0 aliphatic carbocycles. The van der Waals surface area contributed by atoms with Gasteiger partial charge < -0.3 is 9.64 Å². The SMILES string of the molecule is COc1ccc(CN(C)C(=O)/C=C\c2csc(C)n2)cc1F. The van der Waals surface area contributed by atoms with E-state index in [1.165, 1.54) is 35.5 Å². The average Bonchev–Trinajstić information content (AvgIpc) is 2.90. The highest BCUT2D eigenvalue weighted by molar-refractivity contribution is 7.09. The van der Waals surface area contributed by atoms with E-state index in [1.54, 1.807) is 25.3 Å². The molecule has 2 aromatic rings. The summed E-state index contributed by atoms with van der Waals surface area (Å²) in [4.78, 5) is 17.8. The summed E-state index contributed by atoms with van der Waals surface area (Å²) in [6.45, 7) is 2.23. The minimum absolute atomic E-state index is 0.165. The number of halogens is 1. The number of nitrogens with zero attached hydrogens (tertiary/aromatic N) is 2. The van der Waals surface area contributed by atoms with Gasteiger partial charge in [0.1, 0.15) is 0 Å². The Morgan fingerprint density at radius 1 is 1.50 bits per heavy atom. The third kappa shape index (κ3) is 4.14. The van der Waals surface area contributed by atoms with Gasteiger partial charge >= 0.3 is 0 Å². The monoisotopic (exact) mass is 320 g/mol. The summed E-state index contributed by atoms with van der Waals surface area (Å²) >= 11 is 1.53. The first kappa shape index (κ1) is 16.2. The lowest BCUT2D eigenvalue weighted by molar-refractivity contribution is -0.125. The molecule has 116 valence electrons. The summed E-state index contributed by atoms with van der Waals surface area (Å²) in [7, 11) is 3.08. The molecule has 0 saturated carbocycles. The summed E-state index contributed by atoms with van der Waals surface area (Å²) in [6, 6.07) is 4.66.